The summed E-state index contributed by atoms with van der Waals surface area (Å²) in [6, 6.07) is 20.0. The van der Waals surface area contributed by atoms with Crippen LogP contribution in [0.2, 0.25) is 0 Å². The first kappa shape index (κ1) is 25.8. The SMILES string of the molecule is COC(=O)C1NCCC(CNC(=O)[C@@H](N)Cc2ccccc2)C1S(=O)(=O)c1ccc2ccccc2c1. The van der Waals surface area contributed by atoms with Gasteiger partial charge in [0.05, 0.1) is 23.3 Å². The van der Waals surface area contributed by atoms with Gasteiger partial charge in [0.25, 0.3) is 0 Å². The topological polar surface area (TPSA) is 128 Å². The number of carbonyl (C=O) groups excluding carboxylic acids is 2. The van der Waals surface area contributed by atoms with Crippen LogP contribution in [0.25, 0.3) is 10.8 Å². The Hall–Kier alpha value is -3.27. The number of hydrogen-bond donors (Lipinski definition) is 3. The number of sulfone groups is 1. The minimum atomic E-state index is -3.97. The van der Waals surface area contributed by atoms with E-state index in [0.29, 0.717) is 19.4 Å². The predicted octanol–water partition coefficient (Wildman–Crippen LogP) is 1.82. The van der Waals surface area contributed by atoms with Crippen molar-refractivity contribution in [2.24, 2.45) is 11.7 Å². The molecule has 4 N–H and O–H groups in total. The Kier molecular flexibility index (Phi) is 8.03. The van der Waals surface area contributed by atoms with Crippen LogP contribution in [-0.4, -0.2) is 57.8 Å². The third kappa shape index (κ3) is 5.59. The Balaban J connectivity index is 1.57. The zero-order valence-electron chi connectivity index (χ0n) is 20.1. The summed E-state index contributed by atoms with van der Waals surface area (Å²) in [4.78, 5) is 25.5. The van der Waals surface area contributed by atoms with Crippen molar-refractivity contribution < 1.29 is 22.7 Å². The third-order valence-corrected chi connectivity index (χ3v) is 8.99. The molecule has 190 valence electrons. The van der Waals surface area contributed by atoms with Gasteiger partial charge in [0.2, 0.25) is 5.91 Å². The summed E-state index contributed by atoms with van der Waals surface area (Å²) in [7, 11) is -2.74. The minimum absolute atomic E-state index is 0.0774. The lowest BCUT2D eigenvalue weighted by Crippen LogP contribution is -2.59. The molecule has 1 aliphatic heterocycles. The number of nitrogens with two attached hydrogens (primary N) is 1. The molecule has 0 saturated carbocycles. The summed E-state index contributed by atoms with van der Waals surface area (Å²) in [6.07, 6.45) is 0.821. The van der Waals surface area contributed by atoms with Gasteiger partial charge in [-0.15, -0.1) is 0 Å². The van der Waals surface area contributed by atoms with Crippen LogP contribution < -0.4 is 16.4 Å². The monoisotopic (exact) mass is 509 g/mol. The number of nitrogens with one attached hydrogen (secondary N) is 2. The van der Waals surface area contributed by atoms with Crippen molar-refractivity contribution >= 4 is 32.5 Å². The second-order valence-electron chi connectivity index (χ2n) is 9.06. The fourth-order valence-corrected chi connectivity index (χ4v) is 6.96. The number of rotatable bonds is 8. The Bertz CT molecular complexity index is 1330. The van der Waals surface area contributed by atoms with E-state index in [-0.39, 0.29) is 17.3 Å². The fraction of sp³-hybridized carbons (Fsp3) is 0.333. The summed E-state index contributed by atoms with van der Waals surface area (Å²) >= 11 is 0. The molecule has 1 heterocycles. The normalized spacial score (nSPS) is 21.0. The molecule has 0 aliphatic carbocycles. The molecule has 9 heteroatoms. The highest BCUT2D eigenvalue weighted by atomic mass is 32.2. The molecule has 0 aromatic heterocycles. The van der Waals surface area contributed by atoms with Crippen LogP contribution in [0.3, 0.4) is 0 Å². The summed E-state index contributed by atoms with van der Waals surface area (Å²) < 4.78 is 32.7. The van der Waals surface area contributed by atoms with Gasteiger partial charge in [-0.1, -0.05) is 60.7 Å². The maximum Gasteiger partial charge on any atom is 0.324 e. The van der Waals surface area contributed by atoms with Crippen molar-refractivity contribution in [2.75, 3.05) is 20.2 Å². The van der Waals surface area contributed by atoms with Crippen LogP contribution in [0.5, 0.6) is 0 Å². The smallest absolute Gasteiger partial charge is 0.324 e. The fourth-order valence-electron chi connectivity index (χ4n) is 4.80. The zero-order valence-corrected chi connectivity index (χ0v) is 20.9. The molecule has 3 unspecified atom stereocenters. The van der Waals surface area contributed by atoms with Gasteiger partial charge in [-0.05, 0) is 53.8 Å². The van der Waals surface area contributed by atoms with Gasteiger partial charge in [0.1, 0.15) is 6.04 Å². The first-order chi connectivity index (χ1) is 17.3. The highest BCUT2D eigenvalue weighted by Gasteiger charge is 2.46. The number of fused-ring (bicyclic) bond motifs is 1. The van der Waals surface area contributed by atoms with E-state index in [9.17, 15) is 18.0 Å². The average molecular weight is 510 g/mol. The molecule has 3 aromatic carbocycles. The van der Waals surface area contributed by atoms with E-state index >= 15 is 0 Å². The van der Waals surface area contributed by atoms with E-state index in [0.717, 1.165) is 16.3 Å². The van der Waals surface area contributed by atoms with Crippen LogP contribution >= 0.6 is 0 Å². The van der Waals surface area contributed by atoms with Crippen molar-refractivity contribution in [1.29, 1.82) is 0 Å². The Morgan fingerprint density at radius 1 is 1.06 bits per heavy atom. The van der Waals surface area contributed by atoms with Crippen molar-refractivity contribution in [3.63, 3.8) is 0 Å². The van der Waals surface area contributed by atoms with Crippen LogP contribution in [0, 0.1) is 5.92 Å². The molecule has 8 nitrogen and oxygen atoms in total. The maximum absolute atomic E-state index is 13.9. The van der Waals surface area contributed by atoms with Gasteiger partial charge < -0.3 is 21.1 Å². The molecule has 1 amide bonds. The van der Waals surface area contributed by atoms with Gasteiger partial charge in [0.15, 0.2) is 9.84 Å². The molecule has 3 aromatic rings. The van der Waals surface area contributed by atoms with E-state index in [1.807, 2.05) is 54.6 Å². The molecule has 4 rings (SSSR count). The number of esters is 1. The van der Waals surface area contributed by atoms with Gasteiger partial charge in [0, 0.05) is 6.54 Å². The Labute approximate surface area is 211 Å². The first-order valence-corrected chi connectivity index (χ1v) is 13.5. The highest BCUT2D eigenvalue weighted by molar-refractivity contribution is 7.92. The Morgan fingerprint density at radius 3 is 2.47 bits per heavy atom. The largest absolute Gasteiger partial charge is 0.468 e. The molecule has 4 atom stereocenters. The summed E-state index contributed by atoms with van der Waals surface area (Å²) in [6.45, 7) is 0.494. The van der Waals surface area contributed by atoms with E-state index in [1.54, 1.807) is 18.2 Å². The van der Waals surface area contributed by atoms with Crippen molar-refractivity contribution in [3.8, 4) is 0 Å². The van der Waals surface area contributed by atoms with Gasteiger partial charge in [-0.2, -0.15) is 0 Å². The summed E-state index contributed by atoms with van der Waals surface area (Å²) in [5.74, 6) is -1.53. The first-order valence-electron chi connectivity index (χ1n) is 11.9. The molecule has 1 fully saturated rings. The summed E-state index contributed by atoms with van der Waals surface area (Å²) in [5.41, 5.74) is 7.04. The van der Waals surface area contributed by atoms with E-state index < -0.39 is 39.1 Å². The van der Waals surface area contributed by atoms with Crippen LogP contribution in [-0.2, 0) is 30.6 Å². The highest BCUT2D eigenvalue weighted by Crippen LogP contribution is 2.31. The second kappa shape index (κ2) is 11.2. The number of amides is 1. The number of carbonyl (C=O) groups is 2. The maximum atomic E-state index is 13.9. The van der Waals surface area contributed by atoms with Crippen LogP contribution in [0.4, 0.5) is 0 Å². The Morgan fingerprint density at radius 2 is 1.75 bits per heavy atom. The van der Waals surface area contributed by atoms with Gasteiger partial charge >= 0.3 is 5.97 Å². The van der Waals surface area contributed by atoms with E-state index in [4.69, 9.17) is 10.5 Å². The quantitative estimate of drug-likeness (QED) is 0.395. The lowest BCUT2D eigenvalue weighted by molar-refractivity contribution is -0.144. The zero-order chi connectivity index (χ0) is 25.7. The third-order valence-electron chi connectivity index (χ3n) is 6.71. The van der Waals surface area contributed by atoms with Crippen LogP contribution in [0.1, 0.15) is 12.0 Å². The van der Waals surface area contributed by atoms with Crippen molar-refractivity contribution in [2.45, 2.75) is 35.1 Å². The molecule has 0 radical (unpaired) electrons. The number of methoxy groups -OCH3 is 1. The van der Waals surface area contributed by atoms with Crippen molar-refractivity contribution in [3.05, 3.63) is 78.4 Å². The lowest BCUT2D eigenvalue weighted by Gasteiger charge is -2.37. The second-order valence-corrected chi connectivity index (χ2v) is 11.2. The lowest BCUT2D eigenvalue weighted by atomic mass is 9.91. The predicted molar refractivity (Wildman–Crippen MR) is 138 cm³/mol. The average Bonchev–Trinajstić information content (AvgIpc) is 2.91. The number of ether oxygens (including phenoxy) is 1. The van der Waals surface area contributed by atoms with Gasteiger partial charge in [-0.25, -0.2) is 8.42 Å². The standard InChI is InChI=1S/C27H31N3O5S/c1-35-27(32)24-25(36(33,34)22-12-11-19-9-5-6-10-20(19)16-22)21(13-14-29-24)17-30-26(31)23(28)15-18-7-3-2-4-8-18/h2-12,16,21,23-25,29H,13-15,17,28H2,1H3,(H,30,31)/t21?,23-,24?,25?/m0/s1. The van der Waals surface area contributed by atoms with E-state index in [1.165, 1.54) is 7.11 Å². The molecular formula is C27H31N3O5S. The van der Waals surface area contributed by atoms with Gasteiger partial charge in [-0.3, -0.25) is 9.59 Å². The van der Waals surface area contributed by atoms with Crippen LogP contribution in [0.15, 0.2) is 77.7 Å². The molecule has 36 heavy (non-hydrogen) atoms. The number of hydrogen-bond acceptors (Lipinski definition) is 7. The molecule has 1 aliphatic rings. The molecule has 0 bridgehead atoms. The summed E-state index contributed by atoms with van der Waals surface area (Å²) in [5, 5.41) is 6.42. The van der Waals surface area contributed by atoms with E-state index in [2.05, 4.69) is 10.6 Å². The molecule has 0 spiro atoms. The molecule has 1 saturated heterocycles. The molecular weight excluding hydrogens is 478 g/mol. The minimum Gasteiger partial charge on any atom is -0.468 e. The van der Waals surface area contributed by atoms with Crippen molar-refractivity contribution in [1.82, 2.24) is 10.6 Å². The number of benzene rings is 3. The number of piperidine rings is 1.